The van der Waals surface area contributed by atoms with Crippen molar-refractivity contribution in [2.45, 2.75) is 39.2 Å². The van der Waals surface area contributed by atoms with E-state index in [9.17, 15) is 9.59 Å². The van der Waals surface area contributed by atoms with Gasteiger partial charge in [-0.3, -0.25) is 9.59 Å². The van der Waals surface area contributed by atoms with Crippen molar-refractivity contribution in [3.05, 3.63) is 65.2 Å². The van der Waals surface area contributed by atoms with Gasteiger partial charge >= 0.3 is 0 Å². The molecule has 0 aliphatic carbocycles. The third kappa shape index (κ3) is 5.62. The fraction of sp³-hybridized carbons (Fsp3) is 0.333. The second kappa shape index (κ2) is 9.04. The second-order valence-corrected chi connectivity index (χ2v) is 6.59. The molecule has 2 aromatic rings. The summed E-state index contributed by atoms with van der Waals surface area (Å²) in [4.78, 5) is 23.4. The van der Waals surface area contributed by atoms with Gasteiger partial charge in [0.2, 0.25) is 5.91 Å². The highest BCUT2D eigenvalue weighted by molar-refractivity contribution is 5.92. The summed E-state index contributed by atoms with van der Waals surface area (Å²) in [5.74, 6) is 0.458. The number of hydrogen-bond acceptors (Lipinski definition) is 3. The zero-order valence-corrected chi connectivity index (χ0v) is 15.5. The molecular weight excluding hydrogens is 328 g/mol. The lowest BCUT2D eigenvalue weighted by molar-refractivity contribution is -0.127. The number of carbonyl (C=O) groups is 2. The number of carbonyl (C=O) groups excluding carboxylic acids is 2. The summed E-state index contributed by atoms with van der Waals surface area (Å²) in [6.07, 6.45) is 0.0250. The van der Waals surface area contributed by atoms with Crippen LogP contribution in [0, 0.1) is 0 Å². The standard InChI is InChI=1S/C21H26N2O3/c1-14(2)17-7-5-9-19(13-17)26-15(3)21(25)23-11-10-16-6-4-8-18(12-16)20(22)24/h4-9,12-15H,10-11H2,1-3H3,(H2,22,24)(H,23,25). The molecule has 0 bridgehead atoms. The van der Waals surface area contributed by atoms with Crippen LogP contribution < -0.4 is 15.8 Å². The Bertz CT molecular complexity index is 771. The first-order chi connectivity index (χ1) is 12.4. The van der Waals surface area contributed by atoms with E-state index in [1.807, 2.05) is 30.3 Å². The van der Waals surface area contributed by atoms with Crippen LogP contribution in [0.5, 0.6) is 5.75 Å². The molecule has 138 valence electrons. The van der Waals surface area contributed by atoms with Gasteiger partial charge in [-0.2, -0.15) is 0 Å². The number of amides is 2. The Hall–Kier alpha value is -2.82. The molecule has 1 unspecified atom stereocenters. The summed E-state index contributed by atoms with van der Waals surface area (Å²) in [7, 11) is 0. The molecule has 0 spiro atoms. The molecule has 5 nitrogen and oxygen atoms in total. The van der Waals surface area contributed by atoms with E-state index in [0.29, 0.717) is 30.2 Å². The Morgan fingerprint density at radius 2 is 1.81 bits per heavy atom. The van der Waals surface area contributed by atoms with E-state index < -0.39 is 12.0 Å². The maximum absolute atomic E-state index is 12.2. The van der Waals surface area contributed by atoms with Gasteiger partial charge in [0.05, 0.1) is 0 Å². The number of nitrogens with two attached hydrogens (primary N) is 1. The molecule has 0 aliphatic heterocycles. The van der Waals surface area contributed by atoms with Gasteiger partial charge in [0.25, 0.3) is 5.91 Å². The minimum atomic E-state index is -0.589. The molecule has 0 heterocycles. The smallest absolute Gasteiger partial charge is 0.260 e. The molecule has 0 fully saturated rings. The van der Waals surface area contributed by atoms with Gasteiger partial charge in [0.15, 0.2) is 6.10 Å². The van der Waals surface area contributed by atoms with Crippen LogP contribution in [0.1, 0.15) is 48.2 Å². The minimum Gasteiger partial charge on any atom is -0.481 e. The maximum Gasteiger partial charge on any atom is 0.260 e. The van der Waals surface area contributed by atoms with Crippen LogP contribution in [0.15, 0.2) is 48.5 Å². The third-order valence-corrected chi connectivity index (χ3v) is 4.13. The number of primary amides is 1. The number of ether oxygens (including phenoxy) is 1. The maximum atomic E-state index is 12.2. The van der Waals surface area contributed by atoms with Crippen molar-refractivity contribution in [1.82, 2.24) is 5.32 Å². The van der Waals surface area contributed by atoms with E-state index >= 15 is 0 Å². The molecule has 26 heavy (non-hydrogen) atoms. The number of nitrogens with one attached hydrogen (secondary N) is 1. The van der Waals surface area contributed by atoms with Crippen molar-refractivity contribution in [2.24, 2.45) is 5.73 Å². The average Bonchev–Trinajstić information content (AvgIpc) is 2.62. The molecule has 3 N–H and O–H groups in total. The van der Waals surface area contributed by atoms with Gasteiger partial charge in [-0.15, -0.1) is 0 Å². The normalized spacial score (nSPS) is 11.8. The lowest BCUT2D eigenvalue weighted by Gasteiger charge is -2.16. The fourth-order valence-corrected chi connectivity index (χ4v) is 2.56. The molecule has 0 aromatic heterocycles. The molecule has 0 saturated heterocycles. The Kier molecular flexibility index (Phi) is 6.78. The second-order valence-electron chi connectivity index (χ2n) is 6.59. The van der Waals surface area contributed by atoms with Crippen molar-refractivity contribution in [3.63, 3.8) is 0 Å². The Morgan fingerprint density at radius 1 is 1.08 bits per heavy atom. The first-order valence-electron chi connectivity index (χ1n) is 8.80. The zero-order chi connectivity index (χ0) is 19.1. The monoisotopic (exact) mass is 354 g/mol. The van der Waals surface area contributed by atoms with Gasteiger partial charge < -0.3 is 15.8 Å². The van der Waals surface area contributed by atoms with Crippen LogP contribution >= 0.6 is 0 Å². The zero-order valence-electron chi connectivity index (χ0n) is 15.5. The Balaban J connectivity index is 1.85. The van der Waals surface area contributed by atoms with E-state index in [2.05, 4.69) is 19.2 Å². The predicted octanol–water partition coefficient (Wildman–Crippen LogP) is 3.04. The van der Waals surface area contributed by atoms with Gasteiger partial charge in [-0.05, 0) is 54.7 Å². The quantitative estimate of drug-likeness (QED) is 0.764. The molecule has 5 heteroatoms. The summed E-state index contributed by atoms with van der Waals surface area (Å²) in [5.41, 5.74) is 7.86. The Labute approximate surface area is 154 Å². The van der Waals surface area contributed by atoms with Crippen LogP contribution in [0.2, 0.25) is 0 Å². The lowest BCUT2D eigenvalue weighted by Crippen LogP contribution is -2.37. The van der Waals surface area contributed by atoms with E-state index in [1.54, 1.807) is 25.1 Å². The molecule has 0 aliphatic rings. The molecule has 2 amide bonds. The van der Waals surface area contributed by atoms with Gasteiger partial charge in [-0.1, -0.05) is 38.1 Å². The van der Waals surface area contributed by atoms with E-state index in [0.717, 1.165) is 5.56 Å². The first kappa shape index (κ1) is 19.5. The van der Waals surface area contributed by atoms with Crippen LogP contribution in [-0.4, -0.2) is 24.5 Å². The number of hydrogen-bond donors (Lipinski definition) is 2. The minimum absolute atomic E-state index is 0.175. The molecular formula is C21H26N2O3. The lowest BCUT2D eigenvalue weighted by atomic mass is 10.0. The predicted molar refractivity (Wildman–Crippen MR) is 102 cm³/mol. The molecule has 2 rings (SSSR count). The topological polar surface area (TPSA) is 81.4 Å². The number of benzene rings is 2. The summed E-state index contributed by atoms with van der Waals surface area (Å²) >= 11 is 0. The summed E-state index contributed by atoms with van der Waals surface area (Å²) in [6, 6.07) is 14.9. The van der Waals surface area contributed by atoms with Crippen LogP contribution in [0.25, 0.3) is 0 Å². The van der Waals surface area contributed by atoms with Crippen LogP contribution in [0.4, 0.5) is 0 Å². The summed E-state index contributed by atoms with van der Waals surface area (Å²) in [6.45, 7) is 6.41. The van der Waals surface area contributed by atoms with Crippen molar-refractivity contribution in [3.8, 4) is 5.75 Å². The molecule has 0 saturated carbocycles. The highest BCUT2D eigenvalue weighted by atomic mass is 16.5. The van der Waals surface area contributed by atoms with Crippen molar-refractivity contribution in [1.29, 1.82) is 0 Å². The van der Waals surface area contributed by atoms with Crippen LogP contribution in [-0.2, 0) is 11.2 Å². The van der Waals surface area contributed by atoms with Gasteiger partial charge in [0.1, 0.15) is 5.75 Å². The molecule has 1 atom stereocenters. The van der Waals surface area contributed by atoms with Gasteiger partial charge in [-0.25, -0.2) is 0 Å². The Morgan fingerprint density at radius 3 is 2.50 bits per heavy atom. The molecule has 2 aromatic carbocycles. The first-order valence-corrected chi connectivity index (χ1v) is 8.80. The van der Waals surface area contributed by atoms with E-state index in [1.165, 1.54) is 5.56 Å². The van der Waals surface area contributed by atoms with Gasteiger partial charge in [0, 0.05) is 12.1 Å². The van der Waals surface area contributed by atoms with Crippen LogP contribution in [0.3, 0.4) is 0 Å². The third-order valence-electron chi connectivity index (χ3n) is 4.13. The highest BCUT2D eigenvalue weighted by Gasteiger charge is 2.14. The van der Waals surface area contributed by atoms with Crippen molar-refractivity contribution in [2.75, 3.05) is 6.54 Å². The summed E-state index contributed by atoms with van der Waals surface area (Å²) < 4.78 is 5.75. The SMILES string of the molecule is CC(Oc1cccc(C(C)C)c1)C(=O)NCCc1cccc(C(N)=O)c1. The van der Waals surface area contributed by atoms with E-state index in [4.69, 9.17) is 10.5 Å². The largest absolute Gasteiger partial charge is 0.481 e. The fourth-order valence-electron chi connectivity index (χ4n) is 2.56. The van der Waals surface area contributed by atoms with E-state index in [-0.39, 0.29) is 5.91 Å². The number of rotatable bonds is 8. The molecule has 0 radical (unpaired) electrons. The van der Waals surface area contributed by atoms with Crippen molar-refractivity contribution < 1.29 is 14.3 Å². The van der Waals surface area contributed by atoms with Crippen molar-refractivity contribution >= 4 is 11.8 Å². The summed E-state index contributed by atoms with van der Waals surface area (Å²) in [5, 5.41) is 2.86. The highest BCUT2D eigenvalue weighted by Crippen LogP contribution is 2.21. The average molecular weight is 354 g/mol.